The maximum atomic E-state index is 12.7. The number of hydrogen-bond acceptors (Lipinski definition) is 4. The van der Waals surface area contributed by atoms with Crippen molar-refractivity contribution in [3.8, 4) is 5.75 Å². The van der Waals surface area contributed by atoms with E-state index in [-0.39, 0.29) is 16.9 Å². The Morgan fingerprint density at radius 2 is 2.00 bits per heavy atom. The summed E-state index contributed by atoms with van der Waals surface area (Å²) >= 11 is 0. The summed E-state index contributed by atoms with van der Waals surface area (Å²) < 4.78 is 56.5. The molecular formula is C10H12F2O4S. The molecule has 0 unspecified atom stereocenters. The van der Waals surface area contributed by atoms with Crippen LogP contribution in [0.5, 0.6) is 5.75 Å². The molecule has 0 aliphatic carbocycles. The summed E-state index contributed by atoms with van der Waals surface area (Å²) in [6, 6.07) is 4.07. The fourth-order valence-corrected chi connectivity index (χ4v) is 1.63. The maximum Gasteiger partial charge on any atom is 0.264 e. The second-order valence-corrected chi connectivity index (χ2v) is 4.94. The van der Waals surface area contributed by atoms with Gasteiger partial charge >= 0.3 is 0 Å². The Labute approximate surface area is 98.3 Å². The first-order valence-corrected chi connectivity index (χ1v) is 6.45. The van der Waals surface area contributed by atoms with Crippen LogP contribution in [0.4, 0.5) is 8.78 Å². The van der Waals surface area contributed by atoms with Crippen molar-refractivity contribution >= 4 is 10.1 Å². The molecule has 0 N–H and O–H groups in total. The molecule has 17 heavy (non-hydrogen) atoms. The minimum atomic E-state index is -3.69. The third kappa shape index (κ3) is 3.94. The predicted molar refractivity (Wildman–Crippen MR) is 57.6 cm³/mol. The molecular weight excluding hydrogens is 254 g/mol. The Kier molecular flexibility index (Phi) is 4.41. The third-order valence-corrected chi connectivity index (χ3v) is 2.59. The van der Waals surface area contributed by atoms with Crippen LogP contribution in [0.15, 0.2) is 18.2 Å². The van der Waals surface area contributed by atoms with Crippen molar-refractivity contribution in [2.45, 2.75) is 13.0 Å². The Morgan fingerprint density at radius 3 is 2.47 bits per heavy atom. The van der Waals surface area contributed by atoms with E-state index in [2.05, 4.69) is 4.18 Å². The fraction of sp³-hybridized carbons (Fsp3) is 0.400. The normalized spacial score (nSPS) is 11.8. The van der Waals surface area contributed by atoms with Gasteiger partial charge in [-0.1, -0.05) is 12.1 Å². The van der Waals surface area contributed by atoms with Gasteiger partial charge < -0.3 is 4.74 Å². The zero-order valence-electron chi connectivity index (χ0n) is 9.31. The van der Waals surface area contributed by atoms with E-state index >= 15 is 0 Å². The summed E-state index contributed by atoms with van der Waals surface area (Å²) in [5.41, 5.74) is -0.261. The average Bonchev–Trinajstić information content (AvgIpc) is 2.24. The van der Waals surface area contributed by atoms with Crippen molar-refractivity contribution in [2.75, 3.05) is 13.4 Å². The number of rotatable bonds is 5. The third-order valence-electron chi connectivity index (χ3n) is 2.04. The van der Waals surface area contributed by atoms with Crippen molar-refractivity contribution in [3.05, 3.63) is 29.3 Å². The van der Waals surface area contributed by atoms with Gasteiger partial charge in [-0.3, -0.25) is 4.18 Å². The number of ether oxygens (including phenoxy) is 1. The van der Waals surface area contributed by atoms with E-state index in [9.17, 15) is 17.2 Å². The lowest BCUT2D eigenvalue weighted by Crippen LogP contribution is -2.06. The number of halogens is 2. The highest BCUT2D eigenvalue weighted by molar-refractivity contribution is 7.85. The molecule has 96 valence electrons. The Bertz CT molecular complexity index is 485. The maximum absolute atomic E-state index is 12.7. The van der Waals surface area contributed by atoms with Crippen molar-refractivity contribution < 1.29 is 26.1 Å². The van der Waals surface area contributed by atoms with E-state index < -0.39 is 23.2 Å². The molecule has 0 spiro atoms. The van der Waals surface area contributed by atoms with Crippen LogP contribution in [0.2, 0.25) is 0 Å². The van der Waals surface area contributed by atoms with Gasteiger partial charge in [0.1, 0.15) is 5.75 Å². The summed E-state index contributed by atoms with van der Waals surface area (Å²) in [6.45, 7) is -0.470. The van der Waals surface area contributed by atoms with Gasteiger partial charge in [-0.05, 0) is 6.07 Å². The van der Waals surface area contributed by atoms with Gasteiger partial charge in [-0.15, -0.1) is 0 Å². The van der Waals surface area contributed by atoms with E-state index in [1.165, 1.54) is 25.3 Å². The minimum absolute atomic E-state index is 0.0374. The quantitative estimate of drug-likeness (QED) is 0.766. The van der Waals surface area contributed by atoms with Crippen LogP contribution in [-0.4, -0.2) is 21.8 Å². The molecule has 0 bridgehead atoms. The molecule has 0 saturated carbocycles. The molecule has 0 atom stereocenters. The summed E-state index contributed by atoms with van der Waals surface area (Å²) in [4.78, 5) is 0. The standard InChI is InChI=1S/C10H12F2O4S/c1-15-9-5-3-4-7(10(11)12)8(9)6-16-17(2,13)14/h3-5,10H,6H2,1-2H3. The van der Waals surface area contributed by atoms with Crippen molar-refractivity contribution in [1.29, 1.82) is 0 Å². The molecule has 1 aromatic rings. The Balaban J connectivity index is 3.09. The lowest BCUT2D eigenvalue weighted by molar-refractivity contribution is 0.147. The average molecular weight is 266 g/mol. The van der Waals surface area contributed by atoms with Crippen molar-refractivity contribution in [2.24, 2.45) is 0 Å². The van der Waals surface area contributed by atoms with Gasteiger partial charge in [0.05, 0.1) is 20.0 Å². The first-order chi connectivity index (χ1) is 7.85. The number of methoxy groups -OCH3 is 1. The van der Waals surface area contributed by atoms with Gasteiger partial charge in [-0.2, -0.15) is 8.42 Å². The molecule has 1 rings (SSSR count). The molecule has 0 aliphatic heterocycles. The number of alkyl halides is 2. The highest BCUT2D eigenvalue weighted by atomic mass is 32.2. The lowest BCUT2D eigenvalue weighted by atomic mass is 10.1. The van der Waals surface area contributed by atoms with Gasteiger partial charge in [-0.25, -0.2) is 8.78 Å². The number of benzene rings is 1. The first kappa shape index (κ1) is 13.9. The van der Waals surface area contributed by atoms with Crippen LogP contribution in [0, 0.1) is 0 Å². The van der Waals surface area contributed by atoms with Crippen LogP contribution in [0.25, 0.3) is 0 Å². The molecule has 0 heterocycles. The number of hydrogen-bond donors (Lipinski definition) is 0. The van der Waals surface area contributed by atoms with Crippen LogP contribution < -0.4 is 4.74 Å². The van der Waals surface area contributed by atoms with Crippen molar-refractivity contribution in [3.63, 3.8) is 0 Å². The second-order valence-electron chi connectivity index (χ2n) is 3.30. The molecule has 4 nitrogen and oxygen atoms in total. The molecule has 0 saturated heterocycles. The van der Waals surface area contributed by atoms with Gasteiger partial charge in [0.15, 0.2) is 0 Å². The van der Waals surface area contributed by atoms with Crippen molar-refractivity contribution in [1.82, 2.24) is 0 Å². The Morgan fingerprint density at radius 1 is 1.35 bits per heavy atom. The Hall–Kier alpha value is -1.21. The summed E-state index contributed by atoms with van der Waals surface area (Å²) in [5, 5.41) is 0. The minimum Gasteiger partial charge on any atom is -0.496 e. The SMILES string of the molecule is COc1cccc(C(F)F)c1COS(C)(=O)=O. The van der Waals surface area contributed by atoms with E-state index in [1.54, 1.807) is 0 Å². The van der Waals surface area contributed by atoms with E-state index in [0.717, 1.165) is 6.26 Å². The largest absolute Gasteiger partial charge is 0.496 e. The predicted octanol–water partition coefficient (Wildman–Crippen LogP) is 2.11. The second kappa shape index (κ2) is 5.42. The van der Waals surface area contributed by atoms with Crippen LogP contribution in [-0.2, 0) is 20.9 Å². The topological polar surface area (TPSA) is 52.6 Å². The first-order valence-electron chi connectivity index (χ1n) is 4.63. The highest BCUT2D eigenvalue weighted by Gasteiger charge is 2.18. The van der Waals surface area contributed by atoms with Crippen LogP contribution in [0.1, 0.15) is 17.6 Å². The monoisotopic (exact) mass is 266 g/mol. The molecule has 0 radical (unpaired) electrons. The van der Waals surface area contributed by atoms with E-state index in [0.29, 0.717) is 0 Å². The molecule has 1 aromatic carbocycles. The molecule has 0 fully saturated rings. The zero-order valence-corrected chi connectivity index (χ0v) is 10.1. The van der Waals surface area contributed by atoms with Crippen LogP contribution >= 0.6 is 0 Å². The molecule has 0 aromatic heterocycles. The highest BCUT2D eigenvalue weighted by Crippen LogP contribution is 2.30. The lowest BCUT2D eigenvalue weighted by Gasteiger charge is -2.12. The summed E-state index contributed by atoms with van der Waals surface area (Å²) in [5.74, 6) is 0.173. The molecule has 0 amide bonds. The zero-order chi connectivity index (χ0) is 13.1. The van der Waals surface area contributed by atoms with E-state index in [4.69, 9.17) is 4.74 Å². The van der Waals surface area contributed by atoms with Crippen LogP contribution in [0.3, 0.4) is 0 Å². The summed E-state index contributed by atoms with van der Waals surface area (Å²) in [7, 11) is -2.38. The molecule has 7 heteroatoms. The molecule has 0 aliphatic rings. The smallest absolute Gasteiger partial charge is 0.264 e. The van der Waals surface area contributed by atoms with E-state index in [1.807, 2.05) is 0 Å². The fourth-order valence-electron chi connectivity index (χ4n) is 1.30. The van der Waals surface area contributed by atoms with Gasteiger partial charge in [0.2, 0.25) is 0 Å². The summed E-state index contributed by atoms with van der Waals surface area (Å²) in [6.07, 6.45) is -1.87. The van der Waals surface area contributed by atoms with Gasteiger partial charge in [0, 0.05) is 11.1 Å². The van der Waals surface area contributed by atoms with Gasteiger partial charge in [0.25, 0.3) is 16.5 Å².